The van der Waals surface area contributed by atoms with Crippen LogP contribution in [0.3, 0.4) is 0 Å². The average molecular weight is 371 g/mol. The molecular formula is C19H18FN3O2S. The van der Waals surface area contributed by atoms with E-state index in [0.717, 1.165) is 22.9 Å². The van der Waals surface area contributed by atoms with Gasteiger partial charge in [0.05, 0.1) is 11.3 Å². The maximum Gasteiger partial charge on any atom is 0.282 e. The normalized spacial score (nSPS) is 19.0. The van der Waals surface area contributed by atoms with Crippen LogP contribution >= 0.6 is 11.3 Å². The molecule has 2 aliphatic heterocycles. The van der Waals surface area contributed by atoms with Gasteiger partial charge < -0.3 is 9.80 Å². The summed E-state index contributed by atoms with van der Waals surface area (Å²) in [4.78, 5) is 32.3. The Morgan fingerprint density at radius 1 is 1.00 bits per heavy atom. The van der Waals surface area contributed by atoms with E-state index in [2.05, 4.69) is 4.90 Å². The fourth-order valence-corrected chi connectivity index (χ4v) is 4.10. The van der Waals surface area contributed by atoms with Gasteiger partial charge in [-0.2, -0.15) is 0 Å². The molecule has 0 unspecified atom stereocenters. The van der Waals surface area contributed by atoms with Gasteiger partial charge in [-0.05, 0) is 36.7 Å². The first-order valence-corrected chi connectivity index (χ1v) is 9.30. The van der Waals surface area contributed by atoms with Gasteiger partial charge in [-0.3, -0.25) is 9.59 Å². The molecule has 2 amide bonds. The molecule has 0 spiro atoms. The number of imide groups is 1. The molecule has 0 atom stereocenters. The largest absolute Gasteiger partial charge is 0.364 e. The lowest BCUT2D eigenvalue weighted by Crippen LogP contribution is -2.46. The number of piperazine rings is 1. The minimum Gasteiger partial charge on any atom is -0.364 e. The van der Waals surface area contributed by atoms with Crippen LogP contribution in [0.2, 0.25) is 0 Å². The maximum atomic E-state index is 13.7. The van der Waals surface area contributed by atoms with Crippen LogP contribution in [-0.4, -0.2) is 54.8 Å². The summed E-state index contributed by atoms with van der Waals surface area (Å²) in [5.74, 6) is -1.25. The fourth-order valence-electron chi connectivity index (χ4n) is 3.33. The summed E-state index contributed by atoms with van der Waals surface area (Å²) in [5.41, 5.74) is 1.10. The second kappa shape index (κ2) is 6.66. The van der Waals surface area contributed by atoms with Crippen molar-refractivity contribution in [3.8, 4) is 0 Å². The number of hydrogen-bond donors (Lipinski definition) is 0. The van der Waals surface area contributed by atoms with Crippen LogP contribution < -0.4 is 4.90 Å². The predicted molar refractivity (Wildman–Crippen MR) is 99.2 cm³/mol. The zero-order valence-electron chi connectivity index (χ0n) is 14.3. The fraction of sp³-hybridized carbons (Fsp3) is 0.263. The van der Waals surface area contributed by atoms with Crippen LogP contribution in [0.25, 0.3) is 5.57 Å². The minimum absolute atomic E-state index is 0.262. The van der Waals surface area contributed by atoms with Crippen molar-refractivity contribution in [2.45, 2.75) is 0 Å². The number of anilines is 1. The van der Waals surface area contributed by atoms with Gasteiger partial charge in [0, 0.05) is 31.1 Å². The molecule has 0 aliphatic carbocycles. The highest BCUT2D eigenvalue weighted by Crippen LogP contribution is 2.36. The zero-order chi connectivity index (χ0) is 18.3. The highest BCUT2D eigenvalue weighted by molar-refractivity contribution is 7.11. The molecular weight excluding hydrogens is 353 g/mol. The van der Waals surface area contributed by atoms with Crippen LogP contribution in [-0.2, 0) is 9.59 Å². The van der Waals surface area contributed by atoms with Crippen LogP contribution in [0.15, 0.2) is 47.5 Å². The van der Waals surface area contributed by atoms with E-state index < -0.39 is 11.7 Å². The van der Waals surface area contributed by atoms with E-state index >= 15 is 0 Å². The van der Waals surface area contributed by atoms with Crippen LogP contribution in [0.1, 0.15) is 4.88 Å². The Labute approximate surface area is 154 Å². The van der Waals surface area contributed by atoms with Crippen LogP contribution in [0.4, 0.5) is 10.1 Å². The monoisotopic (exact) mass is 371 g/mol. The molecule has 0 saturated carbocycles. The summed E-state index contributed by atoms with van der Waals surface area (Å²) < 4.78 is 13.7. The van der Waals surface area contributed by atoms with Gasteiger partial charge in [0.1, 0.15) is 11.5 Å². The lowest BCUT2D eigenvalue weighted by molar-refractivity contribution is -0.120. The predicted octanol–water partition coefficient (Wildman–Crippen LogP) is 2.42. The lowest BCUT2D eigenvalue weighted by Gasteiger charge is -2.34. The molecule has 1 aromatic heterocycles. The summed E-state index contributed by atoms with van der Waals surface area (Å²) in [5, 5.41) is 1.88. The van der Waals surface area contributed by atoms with Gasteiger partial charge >= 0.3 is 0 Å². The van der Waals surface area contributed by atoms with E-state index in [-0.39, 0.29) is 11.6 Å². The van der Waals surface area contributed by atoms with Gasteiger partial charge in [0.2, 0.25) is 0 Å². The number of nitrogens with zero attached hydrogens (tertiary/aromatic N) is 3. The summed E-state index contributed by atoms with van der Waals surface area (Å²) in [7, 11) is 2.03. The molecule has 7 heteroatoms. The molecule has 0 N–H and O–H groups in total. The van der Waals surface area contributed by atoms with E-state index in [0.29, 0.717) is 24.4 Å². The molecule has 1 fully saturated rings. The van der Waals surface area contributed by atoms with Crippen molar-refractivity contribution in [3.05, 3.63) is 58.2 Å². The Balaban J connectivity index is 1.79. The quantitative estimate of drug-likeness (QED) is 0.778. The highest BCUT2D eigenvalue weighted by atomic mass is 32.1. The van der Waals surface area contributed by atoms with Crippen LogP contribution in [0.5, 0.6) is 0 Å². The smallest absolute Gasteiger partial charge is 0.282 e. The Morgan fingerprint density at radius 3 is 2.42 bits per heavy atom. The van der Waals surface area contributed by atoms with Gasteiger partial charge in [-0.15, -0.1) is 11.3 Å². The summed E-state index contributed by atoms with van der Waals surface area (Å²) >= 11 is 1.43. The van der Waals surface area contributed by atoms with Crippen LogP contribution in [0, 0.1) is 5.82 Å². The van der Waals surface area contributed by atoms with Crippen molar-refractivity contribution in [2.75, 3.05) is 38.1 Å². The number of benzene rings is 1. The molecule has 5 nitrogen and oxygen atoms in total. The minimum atomic E-state index is -0.478. The number of rotatable bonds is 3. The molecule has 134 valence electrons. The molecule has 0 radical (unpaired) electrons. The lowest BCUT2D eigenvalue weighted by atomic mass is 10.1. The number of amides is 2. The summed E-state index contributed by atoms with van der Waals surface area (Å²) in [6.45, 7) is 3.00. The van der Waals surface area contributed by atoms with E-state index in [9.17, 15) is 14.0 Å². The van der Waals surface area contributed by atoms with Crippen molar-refractivity contribution >= 4 is 34.4 Å². The molecule has 4 rings (SSSR count). The third kappa shape index (κ3) is 2.83. The van der Waals surface area contributed by atoms with E-state index in [1.165, 1.54) is 29.5 Å². The second-order valence-electron chi connectivity index (χ2n) is 6.42. The molecule has 2 aliphatic rings. The molecule has 3 heterocycles. The Bertz CT molecular complexity index is 886. The van der Waals surface area contributed by atoms with Gasteiger partial charge in [-0.25, -0.2) is 9.29 Å². The number of thiophene rings is 1. The second-order valence-corrected chi connectivity index (χ2v) is 7.36. The number of carbonyl (C=O) groups excluding carboxylic acids is 2. The van der Waals surface area contributed by atoms with E-state index in [4.69, 9.17) is 0 Å². The van der Waals surface area contributed by atoms with Crippen molar-refractivity contribution in [1.82, 2.24) is 9.80 Å². The van der Waals surface area contributed by atoms with E-state index in [1.807, 2.05) is 29.5 Å². The zero-order valence-corrected chi connectivity index (χ0v) is 15.1. The van der Waals surface area contributed by atoms with Gasteiger partial charge in [0.15, 0.2) is 0 Å². The standard InChI is InChI=1S/C19H18FN3O2S/c1-21-7-9-22(10-8-21)17-16(15-6-3-11-26-15)18(24)23(19(17)25)14-5-2-4-13(20)12-14/h2-6,11-12H,7-10H2,1H3. The third-order valence-corrected chi connectivity index (χ3v) is 5.60. The third-order valence-electron chi connectivity index (χ3n) is 4.71. The summed E-state index contributed by atoms with van der Waals surface area (Å²) in [6, 6.07) is 9.30. The number of hydrogen-bond acceptors (Lipinski definition) is 5. The highest BCUT2D eigenvalue weighted by Gasteiger charge is 2.43. The molecule has 26 heavy (non-hydrogen) atoms. The molecule has 2 aromatic rings. The maximum absolute atomic E-state index is 13.7. The van der Waals surface area contributed by atoms with Crippen molar-refractivity contribution in [3.63, 3.8) is 0 Å². The Hall–Kier alpha value is -2.51. The van der Waals surface area contributed by atoms with Crippen molar-refractivity contribution < 1.29 is 14.0 Å². The number of carbonyl (C=O) groups is 2. The van der Waals surface area contributed by atoms with Gasteiger partial charge in [0.25, 0.3) is 11.8 Å². The van der Waals surface area contributed by atoms with Crippen molar-refractivity contribution in [1.29, 1.82) is 0 Å². The molecule has 0 bridgehead atoms. The number of likely N-dealkylation sites (N-methyl/N-ethyl adjacent to an activating group) is 1. The first-order valence-electron chi connectivity index (χ1n) is 8.42. The Kier molecular flexibility index (Phi) is 4.34. The molecule has 1 saturated heterocycles. The number of halogens is 1. The van der Waals surface area contributed by atoms with Gasteiger partial charge in [-0.1, -0.05) is 12.1 Å². The Morgan fingerprint density at radius 2 is 1.77 bits per heavy atom. The average Bonchev–Trinajstić information content (AvgIpc) is 3.22. The van der Waals surface area contributed by atoms with Crippen molar-refractivity contribution in [2.24, 2.45) is 0 Å². The SMILES string of the molecule is CN1CCN(C2=C(c3cccs3)C(=O)N(c3cccc(F)c3)C2=O)CC1. The molecule has 1 aromatic carbocycles. The van der Waals surface area contributed by atoms with E-state index in [1.54, 1.807) is 6.07 Å². The topological polar surface area (TPSA) is 43.9 Å². The summed E-state index contributed by atoms with van der Waals surface area (Å²) in [6.07, 6.45) is 0. The first-order chi connectivity index (χ1) is 12.6. The first kappa shape index (κ1) is 16.9.